The number of hydrogen-bond donors (Lipinski definition) is 1. The van der Waals surface area contributed by atoms with E-state index in [-0.39, 0.29) is 0 Å². The molecule has 0 radical (unpaired) electrons. The van der Waals surface area contributed by atoms with E-state index in [2.05, 4.69) is 11.3 Å². The molecule has 1 aromatic rings. The van der Waals surface area contributed by atoms with Crippen LogP contribution in [0.5, 0.6) is 0 Å². The van der Waals surface area contributed by atoms with Crippen LogP contribution in [0, 0.1) is 0 Å². The molecule has 1 unspecified atom stereocenters. The van der Waals surface area contributed by atoms with Gasteiger partial charge in [-0.05, 0) is 17.0 Å². The number of nitrogens with two attached hydrogens (primary N) is 1. The zero-order valence-corrected chi connectivity index (χ0v) is 8.14. The standard InChI is InChI=1S/C9H11NO2S/c1-6(7-4-3-5-13-7)8(10)9(11)12-2/h3-5,8H,1,10H2,2H3. The molecule has 3 nitrogen and oxygen atoms in total. The number of carbonyl (C=O) groups excluding carboxylic acids is 1. The van der Waals surface area contributed by atoms with Gasteiger partial charge in [0, 0.05) is 4.88 Å². The minimum Gasteiger partial charge on any atom is -0.468 e. The second-order valence-electron chi connectivity index (χ2n) is 2.50. The van der Waals surface area contributed by atoms with Crippen LogP contribution in [0.1, 0.15) is 4.88 Å². The van der Waals surface area contributed by atoms with Crippen LogP contribution in [-0.2, 0) is 9.53 Å². The van der Waals surface area contributed by atoms with E-state index in [1.54, 1.807) is 0 Å². The largest absolute Gasteiger partial charge is 0.468 e. The maximum Gasteiger partial charge on any atom is 0.327 e. The third-order valence-electron chi connectivity index (χ3n) is 1.67. The average molecular weight is 197 g/mol. The summed E-state index contributed by atoms with van der Waals surface area (Å²) in [6.07, 6.45) is 0. The van der Waals surface area contributed by atoms with E-state index in [4.69, 9.17) is 5.73 Å². The molecular formula is C9H11NO2S. The second-order valence-corrected chi connectivity index (χ2v) is 3.45. The van der Waals surface area contributed by atoms with E-state index in [1.165, 1.54) is 18.4 Å². The van der Waals surface area contributed by atoms with Gasteiger partial charge in [-0.3, -0.25) is 4.79 Å². The summed E-state index contributed by atoms with van der Waals surface area (Å²) < 4.78 is 4.51. The number of hydrogen-bond acceptors (Lipinski definition) is 4. The number of methoxy groups -OCH3 is 1. The second kappa shape index (κ2) is 4.20. The fourth-order valence-corrected chi connectivity index (χ4v) is 1.62. The van der Waals surface area contributed by atoms with Crippen molar-refractivity contribution in [2.24, 2.45) is 5.73 Å². The third kappa shape index (κ3) is 2.17. The molecule has 70 valence electrons. The van der Waals surface area contributed by atoms with Gasteiger partial charge in [-0.1, -0.05) is 12.6 Å². The van der Waals surface area contributed by atoms with Gasteiger partial charge < -0.3 is 10.5 Å². The molecule has 0 aromatic carbocycles. The van der Waals surface area contributed by atoms with Crippen molar-refractivity contribution in [2.45, 2.75) is 6.04 Å². The molecule has 0 amide bonds. The quantitative estimate of drug-likeness (QED) is 0.742. The number of carbonyl (C=O) groups is 1. The zero-order chi connectivity index (χ0) is 9.84. The Labute approximate surface area is 80.8 Å². The maximum atomic E-state index is 11.0. The molecule has 0 aliphatic carbocycles. The minimum absolute atomic E-state index is 0.460. The summed E-state index contributed by atoms with van der Waals surface area (Å²) in [6.45, 7) is 3.75. The molecule has 1 heterocycles. The molecule has 2 N–H and O–H groups in total. The van der Waals surface area contributed by atoms with E-state index in [0.29, 0.717) is 5.57 Å². The van der Waals surface area contributed by atoms with Crippen LogP contribution in [0.15, 0.2) is 24.1 Å². The lowest BCUT2D eigenvalue weighted by molar-refractivity contribution is -0.140. The molecule has 0 saturated heterocycles. The highest BCUT2D eigenvalue weighted by Crippen LogP contribution is 2.20. The van der Waals surface area contributed by atoms with Crippen LogP contribution in [0.25, 0.3) is 5.57 Å². The van der Waals surface area contributed by atoms with Crippen LogP contribution in [0.3, 0.4) is 0 Å². The first kappa shape index (κ1) is 9.95. The van der Waals surface area contributed by atoms with Crippen molar-refractivity contribution >= 4 is 22.9 Å². The summed E-state index contributed by atoms with van der Waals surface area (Å²) in [5, 5.41) is 1.91. The Morgan fingerprint density at radius 3 is 2.92 bits per heavy atom. The lowest BCUT2D eigenvalue weighted by Crippen LogP contribution is -2.32. The van der Waals surface area contributed by atoms with Crippen LogP contribution >= 0.6 is 11.3 Å². The lowest BCUT2D eigenvalue weighted by atomic mass is 10.1. The molecule has 0 spiro atoms. The van der Waals surface area contributed by atoms with Gasteiger partial charge in [-0.2, -0.15) is 0 Å². The zero-order valence-electron chi connectivity index (χ0n) is 7.32. The van der Waals surface area contributed by atoms with E-state index >= 15 is 0 Å². The van der Waals surface area contributed by atoms with E-state index < -0.39 is 12.0 Å². The maximum absolute atomic E-state index is 11.0. The Kier molecular flexibility index (Phi) is 3.22. The van der Waals surface area contributed by atoms with Gasteiger partial charge in [0.1, 0.15) is 6.04 Å². The van der Waals surface area contributed by atoms with Crippen LogP contribution in [-0.4, -0.2) is 19.1 Å². The van der Waals surface area contributed by atoms with E-state index in [0.717, 1.165) is 4.88 Å². The Morgan fingerprint density at radius 1 is 1.77 bits per heavy atom. The van der Waals surface area contributed by atoms with E-state index in [1.807, 2.05) is 17.5 Å². The molecule has 0 aliphatic rings. The summed E-state index contributed by atoms with van der Waals surface area (Å²) in [4.78, 5) is 12.0. The van der Waals surface area contributed by atoms with Crippen LogP contribution in [0.4, 0.5) is 0 Å². The smallest absolute Gasteiger partial charge is 0.327 e. The minimum atomic E-state index is -0.761. The average Bonchev–Trinajstić information content (AvgIpc) is 2.67. The van der Waals surface area contributed by atoms with Gasteiger partial charge in [0.05, 0.1) is 7.11 Å². The number of rotatable bonds is 3. The summed E-state index contributed by atoms with van der Waals surface area (Å²) in [5.41, 5.74) is 6.19. The topological polar surface area (TPSA) is 52.3 Å². The summed E-state index contributed by atoms with van der Waals surface area (Å²) in [7, 11) is 1.31. The van der Waals surface area contributed by atoms with Gasteiger partial charge >= 0.3 is 5.97 Å². The Balaban J connectivity index is 2.74. The van der Waals surface area contributed by atoms with Gasteiger partial charge in [0.15, 0.2) is 0 Å². The SMILES string of the molecule is C=C(c1cccs1)C(N)C(=O)OC. The van der Waals surface area contributed by atoms with Crippen molar-refractivity contribution in [1.82, 2.24) is 0 Å². The Bertz CT molecular complexity index is 305. The predicted molar refractivity (Wildman–Crippen MR) is 53.3 cm³/mol. The van der Waals surface area contributed by atoms with Gasteiger partial charge in [-0.25, -0.2) is 0 Å². The van der Waals surface area contributed by atoms with E-state index in [9.17, 15) is 4.79 Å². The highest BCUT2D eigenvalue weighted by Gasteiger charge is 2.18. The molecule has 1 aromatic heterocycles. The van der Waals surface area contributed by atoms with Crippen molar-refractivity contribution in [1.29, 1.82) is 0 Å². The summed E-state index contributed by atoms with van der Waals surface area (Å²) in [6, 6.07) is 2.99. The fourth-order valence-electron chi connectivity index (χ4n) is 0.884. The molecular weight excluding hydrogens is 186 g/mol. The first-order valence-corrected chi connectivity index (χ1v) is 4.61. The van der Waals surface area contributed by atoms with Crippen LogP contribution < -0.4 is 5.73 Å². The number of esters is 1. The molecule has 0 fully saturated rings. The van der Waals surface area contributed by atoms with Gasteiger partial charge in [-0.15, -0.1) is 11.3 Å². The predicted octanol–water partition coefficient (Wildman–Crippen LogP) is 1.26. The first-order valence-electron chi connectivity index (χ1n) is 3.73. The van der Waals surface area contributed by atoms with Gasteiger partial charge in [0.2, 0.25) is 0 Å². The molecule has 13 heavy (non-hydrogen) atoms. The van der Waals surface area contributed by atoms with Crippen molar-refractivity contribution in [3.63, 3.8) is 0 Å². The highest BCUT2D eigenvalue weighted by atomic mass is 32.1. The third-order valence-corrected chi connectivity index (χ3v) is 2.61. The van der Waals surface area contributed by atoms with Crippen molar-refractivity contribution in [2.75, 3.05) is 7.11 Å². The fraction of sp³-hybridized carbons (Fsp3) is 0.222. The number of ether oxygens (including phenoxy) is 1. The van der Waals surface area contributed by atoms with Crippen molar-refractivity contribution < 1.29 is 9.53 Å². The first-order chi connectivity index (χ1) is 6.16. The van der Waals surface area contributed by atoms with Crippen molar-refractivity contribution in [3.05, 3.63) is 29.0 Å². The molecule has 1 atom stereocenters. The van der Waals surface area contributed by atoms with Gasteiger partial charge in [0.25, 0.3) is 0 Å². The summed E-state index contributed by atoms with van der Waals surface area (Å²) >= 11 is 1.50. The molecule has 4 heteroatoms. The lowest BCUT2D eigenvalue weighted by Gasteiger charge is -2.10. The Morgan fingerprint density at radius 2 is 2.46 bits per heavy atom. The van der Waals surface area contributed by atoms with Crippen LogP contribution in [0.2, 0.25) is 0 Å². The molecule has 0 saturated carbocycles. The monoisotopic (exact) mass is 197 g/mol. The molecule has 1 rings (SSSR count). The molecule has 0 bridgehead atoms. The summed E-state index contributed by atoms with van der Waals surface area (Å²) in [5.74, 6) is -0.460. The molecule has 0 aliphatic heterocycles. The number of thiophene rings is 1. The van der Waals surface area contributed by atoms with Crippen molar-refractivity contribution in [3.8, 4) is 0 Å². The highest BCUT2D eigenvalue weighted by molar-refractivity contribution is 7.11. The normalized spacial score (nSPS) is 12.2. The Hall–Kier alpha value is -1.13.